The van der Waals surface area contributed by atoms with Gasteiger partial charge in [0.25, 0.3) is 0 Å². The molecule has 46 heavy (non-hydrogen) atoms. The van der Waals surface area contributed by atoms with Gasteiger partial charge < -0.3 is 14.4 Å². The quantitative estimate of drug-likeness (QED) is 0.129. The van der Waals surface area contributed by atoms with Crippen molar-refractivity contribution in [3.05, 3.63) is 195 Å². The number of rotatable bonds is 5. The van der Waals surface area contributed by atoms with Crippen LogP contribution >= 0.6 is 7.14 Å². The summed E-state index contributed by atoms with van der Waals surface area (Å²) in [6.45, 7) is 2.12. The third kappa shape index (κ3) is 6.21. The normalized spacial score (nSPS) is 12.1. The summed E-state index contributed by atoms with van der Waals surface area (Å²) < 4.78 is 14.2. The van der Waals surface area contributed by atoms with E-state index in [9.17, 15) is 4.57 Å². The molecule has 7 aromatic carbocycles. The van der Waals surface area contributed by atoms with Crippen LogP contribution in [0.5, 0.6) is 0 Å². The van der Waals surface area contributed by atoms with E-state index in [2.05, 4.69) is 83.2 Å². The Kier molecular flexibility index (Phi) is 9.62. The first-order chi connectivity index (χ1) is 22.2. The second kappa shape index (κ2) is 14.1. The molecule has 7 aromatic rings. The second-order valence-electron chi connectivity index (χ2n) is 10.7. The maximum absolute atomic E-state index is 14.2. The monoisotopic (exact) mass is 790 g/mol. The predicted octanol–water partition coefficient (Wildman–Crippen LogP) is 9.17. The van der Waals surface area contributed by atoms with E-state index in [-0.39, 0.29) is 20.1 Å². The molecule has 1 heterocycles. The molecule has 3 nitrogen and oxygen atoms in total. The number of benzene rings is 7. The average Bonchev–Trinajstić information content (AvgIpc) is 3.53. The molecule has 5 heteroatoms. The number of anilines is 4. The fraction of sp³-hybridized carbons (Fsp3) is 0. The number of hydrogen-bond donors (Lipinski definition) is 0. The standard InChI is InChI=1S/C22H16OP.C19H14N2.Ir/c23-24(20-11-3-1-4-12-20,21-13-5-2-6-14-21)22-16-15-18-9-7-8-10-19(18)17-22;1-3-9-16(10-4-1)20-15-21(17-11-5-2-6-12-17)19-14-8-7-13-18(19)20;/h1-15,17H;1-11,13-15H;/q-1;-2;+3. The first-order valence-corrected chi connectivity index (χ1v) is 16.6. The molecule has 0 bridgehead atoms. The van der Waals surface area contributed by atoms with Gasteiger partial charge in [0.15, 0.2) is 0 Å². The average molecular weight is 790 g/mol. The molecule has 0 N–H and O–H groups in total. The van der Waals surface area contributed by atoms with Crippen molar-refractivity contribution in [3.63, 3.8) is 0 Å². The van der Waals surface area contributed by atoms with Crippen molar-refractivity contribution in [2.24, 2.45) is 0 Å². The van der Waals surface area contributed by atoms with Crippen LogP contribution in [-0.2, 0) is 24.7 Å². The molecule has 0 atom stereocenters. The van der Waals surface area contributed by atoms with Gasteiger partial charge in [0, 0.05) is 27.7 Å². The van der Waals surface area contributed by atoms with E-state index < -0.39 is 7.14 Å². The van der Waals surface area contributed by atoms with E-state index in [0.717, 1.165) is 38.1 Å². The SMILES string of the molecule is O=P(c1[c-]cc2ccccc2c1)(c1ccccc1)c1ccccc1.[Ir+3].[c-]1ccccc1N1[CH-]N(c2ccccc2)c2ccccc21. The zero-order chi connectivity index (χ0) is 30.5. The Morgan fingerprint density at radius 2 is 1.04 bits per heavy atom. The Balaban J connectivity index is 0.000000159. The number of fused-ring (bicyclic) bond motifs is 2. The zero-order valence-corrected chi connectivity index (χ0v) is 28.2. The molecule has 0 aliphatic carbocycles. The van der Waals surface area contributed by atoms with Gasteiger partial charge in [-0.05, 0) is 24.3 Å². The van der Waals surface area contributed by atoms with Crippen molar-refractivity contribution in [2.75, 3.05) is 9.80 Å². The fourth-order valence-corrected chi connectivity index (χ4v) is 8.24. The molecule has 0 saturated carbocycles. The molecule has 1 aliphatic heterocycles. The third-order valence-corrected chi connectivity index (χ3v) is 10.8. The van der Waals surface area contributed by atoms with Crippen LogP contribution in [0.25, 0.3) is 10.8 Å². The van der Waals surface area contributed by atoms with Gasteiger partial charge in [-0.3, -0.25) is 0 Å². The van der Waals surface area contributed by atoms with Crippen molar-refractivity contribution in [1.29, 1.82) is 0 Å². The summed E-state index contributed by atoms with van der Waals surface area (Å²) in [5.74, 6) is 0. The summed E-state index contributed by atoms with van der Waals surface area (Å²) in [4.78, 5) is 4.37. The van der Waals surface area contributed by atoms with Gasteiger partial charge in [-0.2, -0.15) is 48.5 Å². The van der Waals surface area contributed by atoms with E-state index in [1.54, 1.807) is 0 Å². The molecule has 0 radical (unpaired) electrons. The fourth-order valence-electron chi connectivity index (χ4n) is 5.63. The number of para-hydroxylation sites is 4. The van der Waals surface area contributed by atoms with E-state index in [1.807, 2.05) is 121 Å². The molecule has 0 amide bonds. The van der Waals surface area contributed by atoms with Crippen molar-refractivity contribution >= 4 is 56.6 Å². The smallest absolute Gasteiger partial charge is 0.493 e. The van der Waals surface area contributed by atoms with Gasteiger partial charge in [0.2, 0.25) is 0 Å². The van der Waals surface area contributed by atoms with E-state index >= 15 is 0 Å². The first-order valence-electron chi connectivity index (χ1n) is 14.9. The van der Waals surface area contributed by atoms with Crippen LogP contribution in [0, 0.1) is 18.8 Å². The Bertz CT molecular complexity index is 1960. The van der Waals surface area contributed by atoms with Crippen LogP contribution < -0.4 is 25.7 Å². The maximum Gasteiger partial charge on any atom is 3.00 e. The molecular weight excluding hydrogens is 760 g/mol. The zero-order valence-electron chi connectivity index (χ0n) is 24.9. The Labute approximate surface area is 284 Å². The summed E-state index contributed by atoms with van der Waals surface area (Å²) in [5, 5.41) is 4.61. The van der Waals surface area contributed by atoms with Crippen molar-refractivity contribution in [1.82, 2.24) is 0 Å². The van der Waals surface area contributed by atoms with Gasteiger partial charge in [0.05, 0.1) is 0 Å². The molecule has 1 aliphatic rings. The molecule has 0 aromatic heterocycles. The van der Waals surface area contributed by atoms with E-state index in [0.29, 0.717) is 0 Å². The number of nitrogens with zero attached hydrogens (tertiary/aromatic N) is 2. The summed E-state index contributed by atoms with van der Waals surface area (Å²) in [6.07, 6.45) is 0. The largest absolute Gasteiger partial charge is 3.00 e. The van der Waals surface area contributed by atoms with E-state index in [1.165, 1.54) is 11.4 Å². The van der Waals surface area contributed by atoms with Gasteiger partial charge in [-0.25, -0.2) is 0 Å². The molecule has 0 fully saturated rings. The minimum Gasteiger partial charge on any atom is -0.493 e. The summed E-state index contributed by atoms with van der Waals surface area (Å²) in [7, 11) is -2.94. The first kappa shape index (κ1) is 31.3. The Morgan fingerprint density at radius 3 is 1.65 bits per heavy atom. The molecular formula is C41H30IrN2OP. The Hall–Kier alpha value is -4.72. The Morgan fingerprint density at radius 1 is 0.522 bits per heavy atom. The molecule has 0 saturated heterocycles. The maximum atomic E-state index is 14.2. The van der Waals surface area contributed by atoms with Crippen LogP contribution in [0.1, 0.15) is 0 Å². The third-order valence-electron chi connectivity index (χ3n) is 7.86. The van der Waals surface area contributed by atoms with Crippen LogP contribution in [-0.4, -0.2) is 0 Å². The van der Waals surface area contributed by atoms with Gasteiger partial charge in [-0.15, -0.1) is 29.2 Å². The summed E-state index contributed by atoms with van der Waals surface area (Å²) in [6, 6.07) is 64.9. The predicted molar refractivity (Wildman–Crippen MR) is 189 cm³/mol. The number of hydrogen-bond acceptors (Lipinski definition) is 3. The second-order valence-corrected chi connectivity index (χ2v) is 13.4. The van der Waals surface area contributed by atoms with Gasteiger partial charge >= 0.3 is 20.1 Å². The molecule has 0 spiro atoms. The van der Waals surface area contributed by atoms with Crippen LogP contribution in [0.15, 0.2) is 176 Å². The molecule has 224 valence electrons. The van der Waals surface area contributed by atoms with Gasteiger partial charge in [-0.1, -0.05) is 114 Å². The van der Waals surface area contributed by atoms with E-state index in [4.69, 9.17) is 0 Å². The van der Waals surface area contributed by atoms with Crippen molar-refractivity contribution in [2.45, 2.75) is 0 Å². The van der Waals surface area contributed by atoms with Crippen LogP contribution in [0.4, 0.5) is 22.7 Å². The molecule has 8 rings (SSSR count). The minimum atomic E-state index is -2.94. The van der Waals surface area contributed by atoms with Crippen LogP contribution in [0.2, 0.25) is 0 Å². The minimum absolute atomic E-state index is 0. The van der Waals surface area contributed by atoms with Gasteiger partial charge in [0.1, 0.15) is 7.14 Å². The van der Waals surface area contributed by atoms with Crippen molar-refractivity contribution in [3.8, 4) is 0 Å². The molecule has 0 unspecified atom stereocenters. The summed E-state index contributed by atoms with van der Waals surface area (Å²) in [5.41, 5.74) is 4.55. The van der Waals surface area contributed by atoms with Crippen LogP contribution in [0.3, 0.4) is 0 Å². The summed E-state index contributed by atoms with van der Waals surface area (Å²) >= 11 is 0. The van der Waals surface area contributed by atoms with Crippen molar-refractivity contribution < 1.29 is 24.7 Å². The topological polar surface area (TPSA) is 23.6 Å².